The zero-order chi connectivity index (χ0) is 14.3. The Bertz CT molecular complexity index is 232. The summed E-state index contributed by atoms with van der Waals surface area (Å²) >= 11 is 0. The lowest BCUT2D eigenvalue weighted by Crippen LogP contribution is -2.36. The highest BCUT2D eigenvalue weighted by Crippen LogP contribution is 2.24. The summed E-state index contributed by atoms with van der Waals surface area (Å²) in [5.74, 6) is 0.642. The molecule has 1 aliphatic rings. The molecule has 114 valence electrons. The molecule has 0 aromatic heterocycles. The van der Waals surface area contributed by atoms with Crippen molar-refractivity contribution >= 4 is 0 Å². The fraction of sp³-hybridized carbons (Fsp3) is 1.00. The van der Waals surface area contributed by atoms with Crippen molar-refractivity contribution in [1.82, 2.24) is 10.2 Å². The smallest absolute Gasteiger partial charge is 0.0897 e. The largest absolute Gasteiger partial charge is 0.389 e. The number of rotatable bonds is 11. The van der Waals surface area contributed by atoms with Crippen LogP contribution in [0.15, 0.2) is 0 Å². The molecule has 0 aromatic carbocycles. The van der Waals surface area contributed by atoms with Crippen LogP contribution in [0.4, 0.5) is 0 Å². The van der Waals surface area contributed by atoms with E-state index in [1.165, 1.54) is 12.8 Å². The van der Waals surface area contributed by atoms with E-state index in [1.54, 1.807) is 0 Å². The van der Waals surface area contributed by atoms with Crippen molar-refractivity contribution in [3.8, 4) is 0 Å². The number of hydrogen-bond acceptors (Lipinski definition) is 4. The van der Waals surface area contributed by atoms with Gasteiger partial charge in [-0.25, -0.2) is 0 Å². The number of aliphatic hydroxyl groups is 1. The van der Waals surface area contributed by atoms with Crippen molar-refractivity contribution in [3.63, 3.8) is 0 Å². The molecule has 1 fully saturated rings. The van der Waals surface area contributed by atoms with Gasteiger partial charge in [0.05, 0.1) is 18.8 Å². The second-order valence-corrected chi connectivity index (χ2v) is 6.34. The van der Waals surface area contributed by atoms with Crippen LogP contribution < -0.4 is 5.32 Å². The highest BCUT2D eigenvalue weighted by molar-refractivity contribution is 4.82. The summed E-state index contributed by atoms with van der Waals surface area (Å²) in [5.41, 5.74) is 0. The predicted octanol–water partition coefficient (Wildman–Crippen LogP) is 1.48. The Morgan fingerprint density at radius 2 is 2.00 bits per heavy atom. The molecule has 0 saturated heterocycles. The average Bonchev–Trinajstić information content (AvgIpc) is 3.15. The molecule has 4 nitrogen and oxygen atoms in total. The highest BCUT2D eigenvalue weighted by Gasteiger charge is 2.25. The van der Waals surface area contributed by atoms with Gasteiger partial charge in [-0.1, -0.05) is 13.8 Å². The van der Waals surface area contributed by atoms with Gasteiger partial charge in [-0.15, -0.1) is 0 Å². The van der Waals surface area contributed by atoms with Crippen molar-refractivity contribution in [2.45, 2.75) is 58.3 Å². The van der Waals surface area contributed by atoms with Gasteiger partial charge in [0.15, 0.2) is 0 Å². The Balaban J connectivity index is 1.93. The van der Waals surface area contributed by atoms with E-state index < -0.39 is 6.10 Å². The summed E-state index contributed by atoms with van der Waals surface area (Å²) < 4.78 is 5.64. The molecule has 4 heteroatoms. The molecule has 1 aliphatic carbocycles. The maximum absolute atomic E-state index is 9.82. The first-order valence-electron chi connectivity index (χ1n) is 7.69. The van der Waals surface area contributed by atoms with Crippen molar-refractivity contribution in [1.29, 1.82) is 0 Å². The van der Waals surface area contributed by atoms with Gasteiger partial charge < -0.3 is 20.1 Å². The molecule has 0 amide bonds. The maximum atomic E-state index is 9.82. The van der Waals surface area contributed by atoms with Gasteiger partial charge in [-0.2, -0.15) is 0 Å². The molecule has 1 saturated carbocycles. The van der Waals surface area contributed by atoms with Crippen molar-refractivity contribution in [2.75, 3.05) is 33.3 Å². The molecule has 0 aromatic rings. The molecular weight excluding hydrogens is 240 g/mol. The molecular formula is C15H32N2O2. The minimum Gasteiger partial charge on any atom is -0.389 e. The van der Waals surface area contributed by atoms with E-state index >= 15 is 0 Å². The Morgan fingerprint density at radius 3 is 2.58 bits per heavy atom. The summed E-state index contributed by atoms with van der Waals surface area (Å²) in [5, 5.41) is 13.1. The Labute approximate surface area is 118 Å². The zero-order valence-electron chi connectivity index (χ0n) is 13.1. The van der Waals surface area contributed by atoms with Crippen LogP contribution in [0.3, 0.4) is 0 Å². The Kier molecular flexibility index (Phi) is 7.91. The molecule has 0 spiro atoms. The van der Waals surface area contributed by atoms with Crippen molar-refractivity contribution in [3.05, 3.63) is 0 Å². The monoisotopic (exact) mass is 272 g/mol. The van der Waals surface area contributed by atoms with Crippen LogP contribution >= 0.6 is 0 Å². The van der Waals surface area contributed by atoms with Crippen LogP contribution in [0.1, 0.15) is 40.0 Å². The lowest BCUT2D eigenvalue weighted by atomic mass is 10.1. The van der Waals surface area contributed by atoms with Crippen LogP contribution in [0.2, 0.25) is 0 Å². The third kappa shape index (κ3) is 8.58. The van der Waals surface area contributed by atoms with E-state index in [9.17, 15) is 5.11 Å². The summed E-state index contributed by atoms with van der Waals surface area (Å²) in [6, 6.07) is 0.812. The minimum absolute atomic E-state index is 0.232. The third-order valence-corrected chi connectivity index (χ3v) is 3.57. The Morgan fingerprint density at radius 1 is 1.32 bits per heavy atom. The third-order valence-electron chi connectivity index (χ3n) is 3.57. The number of likely N-dealkylation sites (N-methyl/N-ethyl adjacent to an activating group) is 1. The molecule has 1 rings (SSSR count). The summed E-state index contributed by atoms with van der Waals surface area (Å²) in [6.45, 7) is 9.49. The van der Waals surface area contributed by atoms with Crippen molar-refractivity contribution < 1.29 is 9.84 Å². The first-order chi connectivity index (χ1) is 8.99. The first-order valence-corrected chi connectivity index (χ1v) is 7.69. The number of nitrogens with one attached hydrogen (secondary N) is 1. The van der Waals surface area contributed by atoms with Gasteiger partial charge in [-0.05, 0) is 39.2 Å². The van der Waals surface area contributed by atoms with Gasteiger partial charge in [0.1, 0.15) is 0 Å². The van der Waals surface area contributed by atoms with E-state index in [4.69, 9.17) is 4.74 Å². The number of hydrogen-bond donors (Lipinski definition) is 2. The van der Waals surface area contributed by atoms with Gasteiger partial charge in [0.2, 0.25) is 0 Å². The quantitative estimate of drug-likeness (QED) is 0.559. The SMILES string of the molecule is CC(C)CC(C)OCC(O)CNCCN(C)C1CC1. The van der Waals surface area contributed by atoms with Gasteiger partial charge in [0, 0.05) is 25.7 Å². The molecule has 0 bridgehead atoms. The number of nitrogens with zero attached hydrogens (tertiary/aromatic N) is 1. The molecule has 0 radical (unpaired) electrons. The average molecular weight is 272 g/mol. The van der Waals surface area contributed by atoms with Gasteiger partial charge in [0.25, 0.3) is 0 Å². The molecule has 2 N–H and O–H groups in total. The second kappa shape index (κ2) is 8.90. The van der Waals surface area contributed by atoms with E-state index in [1.807, 2.05) is 0 Å². The highest BCUT2D eigenvalue weighted by atomic mass is 16.5. The van der Waals surface area contributed by atoms with E-state index in [0.717, 1.165) is 25.6 Å². The zero-order valence-corrected chi connectivity index (χ0v) is 13.1. The minimum atomic E-state index is -0.402. The molecule has 19 heavy (non-hydrogen) atoms. The topological polar surface area (TPSA) is 44.7 Å². The van der Waals surface area contributed by atoms with E-state index in [2.05, 4.69) is 38.0 Å². The van der Waals surface area contributed by atoms with Crippen LogP contribution in [-0.2, 0) is 4.74 Å². The molecule has 2 atom stereocenters. The first kappa shape index (κ1) is 16.9. The maximum Gasteiger partial charge on any atom is 0.0897 e. The van der Waals surface area contributed by atoms with Crippen LogP contribution in [0.5, 0.6) is 0 Å². The van der Waals surface area contributed by atoms with Crippen LogP contribution in [-0.4, -0.2) is 61.5 Å². The number of ether oxygens (including phenoxy) is 1. The normalized spacial score (nSPS) is 19.1. The molecule has 0 aliphatic heterocycles. The summed E-state index contributed by atoms with van der Waals surface area (Å²) in [7, 11) is 2.17. The summed E-state index contributed by atoms with van der Waals surface area (Å²) in [4.78, 5) is 2.39. The molecule has 2 unspecified atom stereocenters. The lowest BCUT2D eigenvalue weighted by molar-refractivity contribution is -0.00852. The fourth-order valence-corrected chi connectivity index (χ4v) is 2.29. The Hall–Kier alpha value is -0.160. The predicted molar refractivity (Wildman–Crippen MR) is 79.4 cm³/mol. The van der Waals surface area contributed by atoms with E-state index in [0.29, 0.717) is 19.1 Å². The van der Waals surface area contributed by atoms with Gasteiger partial charge in [-0.3, -0.25) is 0 Å². The van der Waals surface area contributed by atoms with Crippen LogP contribution in [0, 0.1) is 5.92 Å². The molecule has 0 heterocycles. The van der Waals surface area contributed by atoms with Crippen molar-refractivity contribution in [2.24, 2.45) is 5.92 Å². The van der Waals surface area contributed by atoms with E-state index in [-0.39, 0.29) is 6.10 Å². The lowest BCUT2D eigenvalue weighted by Gasteiger charge is -2.19. The van der Waals surface area contributed by atoms with Gasteiger partial charge >= 0.3 is 0 Å². The summed E-state index contributed by atoms with van der Waals surface area (Å²) in [6.07, 6.45) is 3.57. The second-order valence-electron chi connectivity index (χ2n) is 6.34. The van der Waals surface area contributed by atoms with Crippen LogP contribution in [0.25, 0.3) is 0 Å². The fourth-order valence-electron chi connectivity index (χ4n) is 2.29. The standard InChI is InChI=1S/C15H32N2O2/c1-12(2)9-13(3)19-11-15(18)10-16-7-8-17(4)14-5-6-14/h12-16,18H,5-11H2,1-4H3. The number of aliphatic hydroxyl groups excluding tert-OH is 1.